The second-order valence-corrected chi connectivity index (χ2v) is 3.56. The first-order valence-corrected chi connectivity index (χ1v) is 3.71. The SMILES string of the molecule is Cc1cn(C)nc1C(C)(C)N. The fraction of sp³-hybridized carbons (Fsp3) is 0.625. The van der Waals surface area contributed by atoms with Crippen LogP contribution in [0, 0.1) is 6.92 Å². The van der Waals surface area contributed by atoms with E-state index in [4.69, 9.17) is 5.73 Å². The van der Waals surface area contributed by atoms with Gasteiger partial charge in [-0.3, -0.25) is 4.68 Å². The summed E-state index contributed by atoms with van der Waals surface area (Å²) in [6, 6.07) is 0. The van der Waals surface area contributed by atoms with E-state index in [1.165, 1.54) is 0 Å². The van der Waals surface area contributed by atoms with E-state index >= 15 is 0 Å². The summed E-state index contributed by atoms with van der Waals surface area (Å²) < 4.78 is 1.79. The molecule has 0 saturated heterocycles. The van der Waals surface area contributed by atoms with Crippen molar-refractivity contribution in [3.05, 3.63) is 17.5 Å². The van der Waals surface area contributed by atoms with Gasteiger partial charge in [-0.1, -0.05) is 0 Å². The van der Waals surface area contributed by atoms with Crippen LogP contribution in [0.15, 0.2) is 6.20 Å². The van der Waals surface area contributed by atoms with Gasteiger partial charge in [-0.25, -0.2) is 0 Å². The maximum absolute atomic E-state index is 5.90. The van der Waals surface area contributed by atoms with Gasteiger partial charge in [0.05, 0.1) is 11.2 Å². The average Bonchev–Trinajstić information content (AvgIpc) is 2.08. The standard InChI is InChI=1S/C8H15N3/c1-6-5-11(4)10-7(6)8(2,3)9/h5H,9H2,1-4H3. The molecule has 0 spiro atoms. The van der Waals surface area contributed by atoms with Gasteiger partial charge in [0.25, 0.3) is 0 Å². The topological polar surface area (TPSA) is 43.8 Å². The number of aromatic nitrogens is 2. The van der Waals surface area contributed by atoms with Crippen LogP contribution in [0.2, 0.25) is 0 Å². The molecule has 0 aliphatic heterocycles. The molecule has 0 fully saturated rings. The first-order chi connectivity index (χ1) is 4.91. The minimum atomic E-state index is -0.328. The first kappa shape index (κ1) is 8.27. The number of rotatable bonds is 1. The number of nitrogens with two attached hydrogens (primary N) is 1. The molecule has 1 aromatic rings. The Hall–Kier alpha value is -0.830. The molecule has 11 heavy (non-hydrogen) atoms. The van der Waals surface area contributed by atoms with Gasteiger partial charge in [0.15, 0.2) is 0 Å². The first-order valence-electron chi connectivity index (χ1n) is 3.71. The van der Waals surface area contributed by atoms with Gasteiger partial charge < -0.3 is 5.73 Å². The Morgan fingerprint density at radius 1 is 1.55 bits per heavy atom. The Bertz CT molecular complexity index is 255. The van der Waals surface area contributed by atoms with E-state index in [1.807, 2.05) is 34.0 Å². The minimum Gasteiger partial charge on any atom is -0.321 e. The zero-order valence-corrected chi connectivity index (χ0v) is 7.55. The summed E-state index contributed by atoms with van der Waals surface area (Å²) in [5.41, 5.74) is 7.69. The van der Waals surface area contributed by atoms with Gasteiger partial charge in [0, 0.05) is 13.2 Å². The van der Waals surface area contributed by atoms with Crippen molar-refractivity contribution in [3.8, 4) is 0 Å². The Kier molecular flexibility index (Phi) is 1.76. The Morgan fingerprint density at radius 3 is 2.27 bits per heavy atom. The van der Waals surface area contributed by atoms with Crippen LogP contribution < -0.4 is 5.73 Å². The lowest BCUT2D eigenvalue weighted by Crippen LogP contribution is -2.30. The third kappa shape index (κ3) is 1.60. The normalized spacial score (nSPS) is 12.1. The van der Waals surface area contributed by atoms with Crippen molar-refractivity contribution < 1.29 is 0 Å². The molecular weight excluding hydrogens is 138 g/mol. The zero-order valence-electron chi connectivity index (χ0n) is 7.55. The minimum absolute atomic E-state index is 0.328. The van der Waals surface area contributed by atoms with Crippen LogP contribution in [0.5, 0.6) is 0 Å². The molecule has 62 valence electrons. The molecule has 0 aromatic carbocycles. The van der Waals surface area contributed by atoms with Crippen molar-refractivity contribution in [1.82, 2.24) is 9.78 Å². The third-order valence-corrected chi connectivity index (χ3v) is 1.62. The van der Waals surface area contributed by atoms with E-state index in [9.17, 15) is 0 Å². The summed E-state index contributed by atoms with van der Waals surface area (Å²) in [5, 5.41) is 4.27. The molecular formula is C8H15N3. The van der Waals surface area contributed by atoms with Crippen LogP contribution in [0.25, 0.3) is 0 Å². The quantitative estimate of drug-likeness (QED) is 0.652. The van der Waals surface area contributed by atoms with E-state index < -0.39 is 0 Å². The van der Waals surface area contributed by atoms with Crippen LogP contribution in [-0.2, 0) is 12.6 Å². The van der Waals surface area contributed by atoms with Gasteiger partial charge in [-0.2, -0.15) is 5.10 Å². The maximum Gasteiger partial charge on any atom is 0.0846 e. The Labute approximate surface area is 67.2 Å². The highest BCUT2D eigenvalue weighted by atomic mass is 15.3. The van der Waals surface area contributed by atoms with Gasteiger partial charge in [-0.05, 0) is 26.3 Å². The molecule has 0 atom stereocenters. The summed E-state index contributed by atoms with van der Waals surface area (Å²) in [6.45, 7) is 5.95. The van der Waals surface area contributed by atoms with Crippen molar-refractivity contribution >= 4 is 0 Å². The number of nitrogens with zero attached hydrogens (tertiary/aromatic N) is 2. The van der Waals surface area contributed by atoms with Crippen LogP contribution in [0.3, 0.4) is 0 Å². The lowest BCUT2D eigenvalue weighted by atomic mass is 10.00. The highest BCUT2D eigenvalue weighted by Gasteiger charge is 2.19. The maximum atomic E-state index is 5.90. The molecule has 0 amide bonds. The second-order valence-electron chi connectivity index (χ2n) is 3.56. The van der Waals surface area contributed by atoms with Gasteiger partial charge in [0.1, 0.15) is 0 Å². The zero-order chi connectivity index (χ0) is 8.65. The Balaban J connectivity index is 3.13. The molecule has 1 heterocycles. The van der Waals surface area contributed by atoms with Crippen LogP contribution in [0.1, 0.15) is 25.1 Å². The molecule has 3 heteroatoms. The van der Waals surface area contributed by atoms with E-state index in [2.05, 4.69) is 5.10 Å². The summed E-state index contributed by atoms with van der Waals surface area (Å²) >= 11 is 0. The van der Waals surface area contributed by atoms with E-state index in [-0.39, 0.29) is 5.54 Å². The second kappa shape index (κ2) is 2.34. The summed E-state index contributed by atoms with van der Waals surface area (Å²) in [7, 11) is 1.90. The van der Waals surface area contributed by atoms with Crippen LogP contribution in [0.4, 0.5) is 0 Å². The lowest BCUT2D eigenvalue weighted by Gasteiger charge is -2.16. The molecule has 0 saturated carbocycles. The van der Waals surface area contributed by atoms with Gasteiger partial charge in [-0.15, -0.1) is 0 Å². The molecule has 0 aliphatic carbocycles. The smallest absolute Gasteiger partial charge is 0.0846 e. The van der Waals surface area contributed by atoms with Crippen molar-refractivity contribution in [3.63, 3.8) is 0 Å². The molecule has 0 unspecified atom stereocenters. The molecule has 0 aliphatic rings. The van der Waals surface area contributed by atoms with Gasteiger partial charge >= 0.3 is 0 Å². The summed E-state index contributed by atoms with van der Waals surface area (Å²) in [4.78, 5) is 0. The predicted octanol–water partition coefficient (Wildman–Crippen LogP) is 0.922. The van der Waals surface area contributed by atoms with Crippen molar-refractivity contribution in [2.45, 2.75) is 26.3 Å². The molecule has 3 nitrogen and oxygen atoms in total. The van der Waals surface area contributed by atoms with Crippen molar-refractivity contribution in [1.29, 1.82) is 0 Å². The van der Waals surface area contributed by atoms with E-state index in [1.54, 1.807) is 4.68 Å². The van der Waals surface area contributed by atoms with E-state index in [0.29, 0.717) is 0 Å². The fourth-order valence-electron chi connectivity index (χ4n) is 1.24. The van der Waals surface area contributed by atoms with Crippen LogP contribution in [-0.4, -0.2) is 9.78 Å². The Morgan fingerprint density at radius 2 is 2.09 bits per heavy atom. The molecule has 0 radical (unpaired) electrons. The molecule has 2 N–H and O–H groups in total. The predicted molar refractivity (Wildman–Crippen MR) is 45.2 cm³/mol. The highest BCUT2D eigenvalue weighted by molar-refractivity contribution is 5.21. The number of hydrogen-bond acceptors (Lipinski definition) is 2. The number of aryl methyl sites for hydroxylation is 2. The van der Waals surface area contributed by atoms with Crippen molar-refractivity contribution in [2.75, 3.05) is 0 Å². The van der Waals surface area contributed by atoms with Crippen LogP contribution >= 0.6 is 0 Å². The third-order valence-electron chi connectivity index (χ3n) is 1.62. The lowest BCUT2D eigenvalue weighted by molar-refractivity contribution is 0.520. The average molecular weight is 153 g/mol. The molecule has 1 aromatic heterocycles. The monoisotopic (exact) mass is 153 g/mol. The summed E-state index contributed by atoms with van der Waals surface area (Å²) in [6.07, 6.45) is 1.98. The highest BCUT2D eigenvalue weighted by Crippen LogP contribution is 2.17. The van der Waals surface area contributed by atoms with E-state index in [0.717, 1.165) is 11.3 Å². The largest absolute Gasteiger partial charge is 0.321 e. The molecule has 0 bridgehead atoms. The fourth-order valence-corrected chi connectivity index (χ4v) is 1.24. The molecule has 1 rings (SSSR count). The van der Waals surface area contributed by atoms with Crippen molar-refractivity contribution in [2.24, 2.45) is 12.8 Å². The number of hydrogen-bond donors (Lipinski definition) is 1. The summed E-state index contributed by atoms with van der Waals surface area (Å²) in [5.74, 6) is 0. The van der Waals surface area contributed by atoms with Gasteiger partial charge in [0.2, 0.25) is 0 Å².